The van der Waals surface area contributed by atoms with Crippen LogP contribution in [-0.2, 0) is 15.7 Å². The molecular formula is C18H18F3N3O2S. The third-order valence-electron chi connectivity index (χ3n) is 3.73. The quantitative estimate of drug-likeness (QED) is 0.404. The first-order chi connectivity index (χ1) is 12.7. The number of nitrogen functional groups attached to an aromatic ring is 1. The molecular weight excluding hydrogens is 379 g/mol. The van der Waals surface area contributed by atoms with Crippen molar-refractivity contribution in [2.45, 2.75) is 18.6 Å². The topological polar surface area (TPSA) is 76.4 Å². The van der Waals surface area contributed by atoms with Gasteiger partial charge in [-0.05, 0) is 42.0 Å². The number of carbonyl (C=O) groups excluding carboxylic acids is 1. The Balaban J connectivity index is 2.23. The molecule has 1 atom stereocenters. The predicted molar refractivity (Wildman–Crippen MR) is 101 cm³/mol. The first kappa shape index (κ1) is 20.5. The molecule has 0 heterocycles. The van der Waals surface area contributed by atoms with Crippen LogP contribution in [0.2, 0.25) is 0 Å². The molecule has 0 radical (unpaired) electrons. The van der Waals surface area contributed by atoms with Gasteiger partial charge in [-0.3, -0.25) is 4.79 Å². The molecule has 4 N–H and O–H groups in total. The summed E-state index contributed by atoms with van der Waals surface area (Å²) in [5, 5.41) is 5.83. The van der Waals surface area contributed by atoms with Crippen LogP contribution in [0.1, 0.15) is 23.6 Å². The van der Waals surface area contributed by atoms with Crippen LogP contribution in [0.4, 0.5) is 24.5 Å². The van der Waals surface area contributed by atoms with Crippen molar-refractivity contribution in [1.29, 1.82) is 0 Å². The van der Waals surface area contributed by atoms with Gasteiger partial charge in [0.1, 0.15) is 0 Å². The van der Waals surface area contributed by atoms with Crippen LogP contribution in [0.5, 0.6) is 0 Å². The lowest BCUT2D eigenvalue weighted by Gasteiger charge is -2.22. The summed E-state index contributed by atoms with van der Waals surface area (Å²) in [4.78, 5) is 11.7. The Morgan fingerprint density at radius 3 is 2.56 bits per heavy atom. The Labute approximate surface area is 159 Å². The van der Waals surface area contributed by atoms with Gasteiger partial charge in [0, 0.05) is 0 Å². The molecule has 0 spiro atoms. The summed E-state index contributed by atoms with van der Waals surface area (Å²) in [5.41, 5.74) is 6.25. The van der Waals surface area contributed by atoms with E-state index in [1.54, 1.807) is 24.3 Å². The van der Waals surface area contributed by atoms with Crippen LogP contribution in [0, 0.1) is 0 Å². The molecule has 5 nitrogen and oxygen atoms in total. The SMILES string of the molecule is COC(=O)CC(NC(=S)Nc1ccccc1N)c1cccc(C(F)(F)F)c1. The van der Waals surface area contributed by atoms with Crippen molar-refractivity contribution in [2.75, 3.05) is 18.2 Å². The van der Waals surface area contributed by atoms with Crippen LogP contribution < -0.4 is 16.4 Å². The number of nitrogens with two attached hydrogens (primary N) is 1. The Bertz CT molecular complexity index is 827. The average Bonchev–Trinajstić information content (AvgIpc) is 2.62. The van der Waals surface area contributed by atoms with E-state index in [9.17, 15) is 18.0 Å². The molecule has 0 bridgehead atoms. The lowest BCUT2D eigenvalue weighted by atomic mass is 10.0. The number of alkyl halides is 3. The van der Waals surface area contributed by atoms with E-state index in [0.717, 1.165) is 12.1 Å². The van der Waals surface area contributed by atoms with Gasteiger partial charge in [-0.1, -0.05) is 24.3 Å². The predicted octanol–water partition coefficient (Wildman–Crippen LogP) is 3.88. The molecule has 2 aromatic carbocycles. The first-order valence-electron chi connectivity index (χ1n) is 7.86. The number of anilines is 2. The van der Waals surface area contributed by atoms with Crippen molar-refractivity contribution >= 4 is 34.7 Å². The Morgan fingerprint density at radius 1 is 1.22 bits per heavy atom. The highest BCUT2D eigenvalue weighted by atomic mass is 32.1. The van der Waals surface area contributed by atoms with Crippen molar-refractivity contribution in [3.05, 3.63) is 59.7 Å². The summed E-state index contributed by atoms with van der Waals surface area (Å²) in [6.07, 6.45) is -4.70. The number of hydrogen-bond acceptors (Lipinski definition) is 4. The van der Waals surface area contributed by atoms with Gasteiger partial charge in [0.25, 0.3) is 0 Å². The van der Waals surface area contributed by atoms with Crippen molar-refractivity contribution in [3.8, 4) is 0 Å². The number of thiocarbonyl (C=S) groups is 1. The van der Waals surface area contributed by atoms with Gasteiger partial charge in [-0.15, -0.1) is 0 Å². The third kappa shape index (κ3) is 5.85. The number of nitrogens with one attached hydrogen (secondary N) is 2. The fourth-order valence-electron chi connectivity index (χ4n) is 2.36. The molecule has 0 amide bonds. The van der Waals surface area contributed by atoms with Crippen LogP contribution in [0.25, 0.3) is 0 Å². The number of halogens is 3. The molecule has 2 rings (SSSR count). The molecule has 0 aliphatic heterocycles. The summed E-state index contributed by atoms with van der Waals surface area (Å²) in [5.74, 6) is -0.591. The average molecular weight is 397 g/mol. The summed E-state index contributed by atoms with van der Waals surface area (Å²) < 4.78 is 43.6. The number of hydrogen-bond donors (Lipinski definition) is 3. The maximum atomic E-state index is 13.0. The van der Waals surface area contributed by atoms with Crippen molar-refractivity contribution < 1.29 is 22.7 Å². The van der Waals surface area contributed by atoms with Crippen LogP contribution in [-0.4, -0.2) is 18.2 Å². The molecule has 9 heteroatoms. The van der Waals surface area contributed by atoms with E-state index >= 15 is 0 Å². The normalized spacial score (nSPS) is 12.1. The van der Waals surface area contributed by atoms with Crippen LogP contribution in [0.3, 0.4) is 0 Å². The fourth-order valence-corrected chi connectivity index (χ4v) is 2.61. The lowest BCUT2D eigenvalue weighted by molar-refractivity contribution is -0.141. The molecule has 2 aromatic rings. The Kier molecular flexibility index (Phi) is 6.62. The number of methoxy groups -OCH3 is 1. The van der Waals surface area contributed by atoms with Crippen molar-refractivity contribution in [2.24, 2.45) is 0 Å². The van der Waals surface area contributed by atoms with E-state index in [1.165, 1.54) is 19.2 Å². The zero-order chi connectivity index (χ0) is 20.0. The summed E-state index contributed by atoms with van der Waals surface area (Å²) in [7, 11) is 1.20. The van der Waals surface area contributed by atoms with E-state index in [-0.39, 0.29) is 17.1 Å². The highest BCUT2D eigenvalue weighted by molar-refractivity contribution is 7.80. The highest BCUT2D eigenvalue weighted by Crippen LogP contribution is 2.31. The molecule has 0 aromatic heterocycles. The second kappa shape index (κ2) is 8.72. The van der Waals surface area contributed by atoms with Gasteiger partial charge < -0.3 is 21.1 Å². The zero-order valence-electron chi connectivity index (χ0n) is 14.3. The monoisotopic (exact) mass is 397 g/mol. The van der Waals surface area contributed by atoms with E-state index < -0.39 is 23.8 Å². The van der Waals surface area contributed by atoms with Crippen LogP contribution in [0.15, 0.2) is 48.5 Å². The second-order valence-corrected chi connectivity index (χ2v) is 6.05. The molecule has 0 aliphatic rings. The third-order valence-corrected chi connectivity index (χ3v) is 3.95. The number of esters is 1. The first-order valence-corrected chi connectivity index (χ1v) is 8.27. The van der Waals surface area contributed by atoms with Gasteiger partial charge in [0.15, 0.2) is 5.11 Å². The van der Waals surface area contributed by atoms with Crippen molar-refractivity contribution in [3.63, 3.8) is 0 Å². The molecule has 144 valence electrons. The van der Waals surface area contributed by atoms with E-state index in [2.05, 4.69) is 15.4 Å². The van der Waals surface area contributed by atoms with E-state index in [0.29, 0.717) is 11.4 Å². The molecule has 0 fully saturated rings. The zero-order valence-corrected chi connectivity index (χ0v) is 15.2. The minimum absolute atomic E-state index is 0.110. The smallest absolute Gasteiger partial charge is 0.416 e. The Morgan fingerprint density at radius 2 is 1.93 bits per heavy atom. The number of para-hydroxylation sites is 2. The van der Waals surface area contributed by atoms with Gasteiger partial charge in [0.2, 0.25) is 0 Å². The van der Waals surface area contributed by atoms with E-state index in [1.807, 2.05) is 0 Å². The fraction of sp³-hybridized carbons (Fsp3) is 0.222. The molecule has 1 unspecified atom stereocenters. The van der Waals surface area contributed by atoms with Gasteiger partial charge >= 0.3 is 12.1 Å². The van der Waals surface area contributed by atoms with Gasteiger partial charge in [-0.25, -0.2) is 0 Å². The Hall–Kier alpha value is -2.81. The van der Waals surface area contributed by atoms with Crippen molar-refractivity contribution in [1.82, 2.24) is 5.32 Å². The molecule has 0 saturated carbocycles. The van der Waals surface area contributed by atoms with Crippen LogP contribution >= 0.6 is 12.2 Å². The number of rotatable bonds is 5. The molecule has 0 saturated heterocycles. The summed E-state index contributed by atoms with van der Waals surface area (Å²) in [6.45, 7) is 0. The maximum Gasteiger partial charge on any atom is 0.416 e. The highest BCUT2D eigenvalue weighted by Gasteiger charge is 2.31. The second-order valence-electron chi connectivity index (χ2n) is 5.64. The standard InChI is InChI=1S/C18H18F3N3O2S/c1-26-16(25)10-15(11-5-4-6-12(9-11)18(19,20)21)24-17(27)23-14-8-3-2-7-13(14)22/h2-9,15H,10,22H2,1H3,(H2,23,24,27). The molecule has 27 heavy (non-hydrogen) atoms. The summed E-state index contributed by atoms with van der Waals surface area (Å²) >= 11 is 5.22. The maximum absolute atomic E-state index is 13.0. The summed E-state index contributed by atoms with van der Waals surface area (Å²) in [6, 6.07) is 10.7. The lowest BCUT2D eigenvalue weighted by Crippen LogP contribution is -2.34. The minimum Gasteiger partial charge on any atom is -0.469 e. The number of benzene rings is 2. The number of carbonyl (C=O) groups is 1. The van der Waals surface area contributed by atoms with E-state index in [4.69, 9.17) is 18.0 Å². The number of ether oxygens (including phenoxy) is 1. The largest absolute Gasteiger partial charge is 0.469 e. The minimum atomic E-state index is -4.50. The van der Waals surface area contributed by atoms with Gasteiger partial charge in [-0.2, -0.15) is 13.2 Å². The van der Waals surface area contributed by atoms with Gasteiger partial charge in [0.05, 0.1) is 36.5 Å². The molecule has 0 aliphatic carbocycles.